The summed E-state index contributed by atoms with van der Waals surface area (Å²) in [5.74, 6) is 0. The Hall–Kier alpha value is 0.870. The summed E-state index contributed by atoms with van der Waals surface area (Å²) in [6.07, 6.45) is 15.5. The number of hydrogen-bond donors (Lipinski definition) is 1. The van der Waals surface area contributed by atoms with Crippen LogP contribution >= 0.6 is 0 Å². The Balaban J connectivity index is 0. The monoisotopic (exact) mass is 400 g/mol. The standard InChI is InChI=1S/C20H42O4S.Na/c1-3-5-6-7-11-14-17-20(25(22,23)24)18-15-12-9-8-10-13-16-19(21)4-2;/h19-21H,3-18H2,1-2H3,(H,22,23,24);/q;+1/p-1. The molecule has 2 atom stereocenters. The van der Waals surface area contributed by atoms with Crippen LogP contribution in [0, 0.1) is 0 Å². The van der Waals surface area contributed by atoms with E-state index in [-0.39, 0.29) is 35.7 Å². The maximum absolute atomic E-state index is 11.4. The van der Waals surface area contributed by atoms with E-state index in [1.807, 2.05) is 6.92 Å². The molecule has 1 N–H and O–H groups in total. The van der Waals surface area contributed by atoms with Crippen molar-refractivity contribution in [1.29, 1.82) is 0 Å². The Morgan fingerprint density at radius 2 is 1.12 bits per heavy atom. The summed E-state index contributed by atoms with van der Waals surface area (Å²) in [4.78, 5) is 0. The third-order valence-electron chi connectivity index (χ3n) is 5.07. The van der Waals surface area contributed by atoms with Crippen LogP contribution in [-0.4, -0.2) is 29.4 Å². The van der Waals surface area contributed by atoms with E-state index in [0.29, 0.717) is 12.8 Å². The summed E-state index contributed by atoms with van der Waals surface area (Å²) < 4.78 is 34.2. The molecule has 0 aliphatic rings. The molecule has 26 heavy (non-hydrogen) atoms. The fourth-order valence-electron chi connectivity index (χ4n) is 3.25. The van der Waals surface area contributed by atoms with Gasteiger partial charge >= 0.3 is 29.6 Å². The number of hydrogen-bond acceptors (Lipinski definition) is 4. The first-order chi connectivity index (χ1) is 11.9. The Kier molecular flexibility index (Phi) is 21.5. The van der Waals surface area contributed by atoms with Crippen LogP contribution in [0.15, 0.2) is 0 Å². The molecule has 0 amide bonds. The minimum absolute atomic E-state index is 0. The number of unbranched alkanes of at least 4 members (excludes halogenated alkanes) is 10. The van der Waals surface area contributed by atoms with Gasteiger partial charge in [-0.1, -0.05) is 90.9 Å². The summed E-state index contributed by atoms with van der Waals surface area (Å²) in [6.45, 7) is 4.17. The first-order valence-corrected chi connectivity index (χ1v) is 12.0. The van der Waals surface area contributed by atoms with E-state index in [4.69, 9.17) is 0 Å². The Morgan fingerprint density at radius 3 is 1.50 bits per heavy atom. The molecular formula is C20H41NaO4S. The molecular weight excluding hydrogens is 359 g/mol. The second-order valence-corrected chi connectivity index (χ2v) is 9.08. The van der Waals surface area contributed by atoms with E-state index in [1.54, 1.807) is 0 Å². The molecule has 0 aliphatic heterocycles. The average Bonchev–Trinajstić information content (AvgIpc) is 2.56. The van der Waals surface area contributed by atoms with Gasteiger partial charge in [0.25, 0.3) is 0 Å². The maximum Gasteiger partial charge on any atom is 1.00 e. The van der Waals surface area contributed by atoms with Crippen LogP contribution < -0.4 is 29.6 Å². The summed E-state index contributed by atoms with van der Waals surface area (Å²) in [7, 11) is -4.15. The molecule has 0 spiro atoms. The van der Waals surface area contributed by atoms with Crippen molar-refractivity contribution < 1.29 is 47.6 Å². The number of aliphatic hydroxyl groups excluding tert-OH is 1. The molecule has 0 rings (SSSR count). The zero-order valence-electron chi connectivity index (χ0n) is 17.5. The maximum atomic E-state index is 11.4. The SMILES string of the molecule is CCCCCCCCC(CCCCCCCCC(O)CC)S(=O)(=O)[O-].[Na+]. The van der Waals surface area contributed by atoms with Crippen LogP contribution in [0.25, 0.3) is 0 Å². The van der Waals surface area contributed by atoms with Crippen LogP contribution in [-0.2, 0) is 10.1 Å². The van der Waals surface area contributed by atoms with Gasteiger partial charge in [0, 0.05) is 5.25 Å². The van der Waals surface area contributed by atoms with Gasteiger partial charge < -0.3 is 9.66 Å². The molecule has 2 unspecified atom stereocenters. The molecule has 0 heterocycles. The third kappa shape index (κ3) is 18.2. The zero-order chi connectivity index (χ0) is 19.0. The molecule has 0 bridgehead atoms. The summed E-state index contributed by atoms with van der Waals surface area (Å²) in [5, 5.41) is 8.80. The van der Waals surface area contributed by atoms with Crippen molar-refractivity contribution in [3.63, 3.8) is 0 Å². The van der Waals surface area contributed by atoms with E-state index < -0.39 is 15.4 Å². The van der Waals surface area contributed by atoms with E-state index in [2.05, 4.69) is 6.92 Å². The molecule has 6 heteroatoms. The van der Waals surface area contributed by atoms with Gasteiger partial charge in [0.15, 0.2) is 0 Å². The quantitative estimate of drug-likeness (QED) is 0.218. The van der Waals surface area contributed by atoms with Gasteiger partial charge in [-0.2, -0.15) is 0 Å². The van der Waals surface area contributed by atoms with Gasteiger partial charge in [0.05, 0.1) is 16.2 Å². The third-order valence-corrected chi connectivity index (χ3v) is 6.36. The summed E-state index contributed by atoms with van der Waals surface area (Å²) in [6, 6.07) is 0. The van der Waals surface area contributed by atoms with Crippen molar-refractivity contribution in [2.75, 3.05) is 0 Å². The van der Waals surface area contributed by atoms with Crippen LogP contribution in [0.1, 0.15) is 117 Å². The van der Waals surface area contributed by atoms with Crippen molar-refractivity contribution >= 4 is 10.1 Å². The predicted molar refractivity (Wildman–Crippen MR) is 105 cm³/mol. The molecule has 4 nitrogen and oxygen atoms in total. The normalized spacial score (nSPS) is 14.0. The molecule has 0 aliphatic carbocycles. The smallest absolute Gasteiger partial charge is 0.748 e. The molecule has 0 saturated carbocycles. The minimum atomic E-state index is -4.15. The van der Waals surface area contributed by atoms with Gasteiger partial charge in [0.2, 0.25) is 0 Å². The fourth-order valence-corrected chi connectivity index (χ4v) is 4.16. The van der Waals surface area contributed by atoms with Gasteiger partial charge in [-0.15, -0.1) is 0 Å². The second kappa shape index (κ2) is 19.2. The summed E-state index contributed by atoms with van der Waals surface area (Å²) >= 11 is 0. The van der Waals surface area contributed by atoms with Crippen molar-refractivity contribution in [3.05, 3.63) is 0 Å². The number of rotatable bonds is 18. The molecule has 0 aromatic rings. The van der Waals surface area contributed by atoms with E-state index in [9.17, 15) is 18.1 Å². The largest absolute Gasteiger partial charge is 1.00 e. The van der Waals surface area contributed by atoms with Crippen molar-refractivity contribution in [3.8, 4) is 0 Å². The number of aliphatic hydroxyl groups is 1. The summed E-state index contributed by atoms with van der Waals surface area (Å²) in [5.41, 5.74) is 0. The Morgan fingerprint density at radius 1 is 0.731 bits per heavy atom. The van der Waals surface area contributed by atoms with Gasteiger partial charge in [-0.3, -0.25) is 0 Å². The van der Waals surface area contributed by atoms with Crippen molar-refractivity contribution in [1.82, 2.24) is 0 Å². The minimum Gasteiger partial charge on any atom is -0.748 e. The van der Waals surface area contributed by atoms with Gasteiger partial charge in [-0.25, -0.2) is 8.42 Å². The van der Waals surface area contributed by atoms with E-state index >= 15 is 0 Å². The molecule has 0 saturated heterocycles. The molecule has 0 aromatic heterocycles. The average molecular weight is 401 g/mol. The van der Waals surface area contributed by atoms with E-state index in [1.165, 1.54) is 19.3 Å². The topological polar surface area (TPSA) is 77.4 Å². The van der Waals surface area contributed by atoms with Crippen LogP contribution in [0.4, 0.5) is 0 Å². The zero-order valence-corrected chi connectivity index (χ0v) is 20.4. The molecule has 0 radical (unpaired) electrons. The van der Waals surface area contributed by atoms with Gasteiger partial charge in [0.1, 0.15) is 0 Å². The predicted octanol–water partition coefficient (Wildman–Crippen LogP) is 2.55. The van der Waals surface area contributed by atoms with Crippen LogP contribution in [0.2, 0.25) is 0 Å². The molecule has 0 aromatic carbocycles. The van der Waals surface area contributed by atoms with Crippen LogP contribution in [0.5, 0.6) is 0 Å². The molecule has 0 fully saturated rings. The van der Waals surface area contributed by atoms with E-state index in [0.717, 1.165) is 70.6 Å². The first-order valence-electron chi connectivity index (χ1n) is 10.5. The fraction of sp³-hybridized carbons (Fsp3) is 1.00. The van der Waals surface area contributed by atoms with Crippen LogP contribution in [0.3, 0.4) is 0 Å². The Bertz CT molecular complexity index is 387. The molecule has 152 valence electrons. The van der Waals surface area contributed by atoms with Gasteiger partial charge in [-0.05, 0) is 25.7 Å². The van der Waals surface area contributed by atoms with Crippen molar-refractivity contribution in [2.24, 2.45) is 0 Å². The first kappa shape index (κ1) is 29.1. The van der Waals surface area contributed by atoms with Crippen molar-refractivity contribution in [2.45, 2.75) is 128 Å². The second-order valence-electron chi connectivity index (χ2n) is 7.43. The Labute approximate surface area is 185 Å².